The monoisotopic (exact) mass is 494 g/mol. The normalized spacial score (nSPS) is 19.5. The zero-order chi connectivity index (χ0) is 25.8. The second kappa shape index (κ2) is 11.2. The molecule has 1 amide bonds. The van der Waals surface area contributed by atoms with Gasteiger partial charge in [0.1, 0.15) is 11.4 Å². The van der Waals surface area contributed by atoms with Crippen LogP contribution in [0.25, 0.3) is 11.1 Å². The summed E-state index contributed by atoms with van der Waals surface area (Å²) in [5.41, 5.74) is 2.08. The highest BCUT2D eigenvalue weighted by atomic mass is 16.6. The van der Waals surface area contributed by atoms with E-state index in [2.05, 4.69) is 29.2 Å². The maximum atomic E-state index is 12.5. The maximum absolute atomic E-state index is 12.5. The van der Waals surface area contributed by atoms with Crippen molar-refractivity contribution in [1.82, 2.24) is 9.80 Å². The van der Waals surface area contributed by atoms with E-state index < -0.39 is 11.2 Å². The zero-order valence-electron chi connectivity index (χ0n) is 22.3. The highest BCUT2D eigenvalue weighted by Gasteiger charge is 2.40. The Morgan fingerprint density at radius 1 is 1.00 bits per heavy atom. The standard InChI is InChI=1S/C30H42N2O4/c1-29(2,3)36-28(33)32-19-17-31(18-20-32)22-26(30(34)15-9-6-10-16-30)24-13-14-27(35-4)25(21-24)23-11-7-5-8-12-23/h5,7-8,11-14,21,26,34H,6,9-10,15-20,22H2,1-4H3. The minimum absolute atomic E-state index is 0.0146. The van der Waals surface area contributed by atoms with Crippen LogP contribution in [-0.4, -0.2) is 72.0 Å². The molecule has 0 bridgehead atoms. The van der Waals surface area contributed by atoms with Crippen LogP contribution in [0, 0.1) is 0 Å². The Kier molecular flexibility index (Phi) is 8.26. The summed E-state index contributed by atoms with van der Waals surface area (Å²) in [7, 11) is 1.71. The van der Waals surface area contributed by atoms with Crippen molar-refractivity contribution < 1.29 is 19.4 Å². The van der Waals surface area contributed by atoms with E-state index in [1.165, 1.54) is 6.42 Å². The fourth-order valence-corrected chi connectivity index (χ4v) is 5.58. The number of rotatable bonds is 6. The minimum atomic E-state index is -0.733. The van der Waals surface area contributed by atoms with E-state index in [0.29, 0.717) is 13.1 Å². The van der Waals surface area contributed by atoms with Gasteiger partial charge in [0.05, 0.1) is 12.7 Å². The number of piperazine rings is 1. The number of hydrogen-bond acceptors (Lipinski definition) is 5. The molecule has 1 aliphatic heterocycles. The summed E-state index contributed by atoms with van der Waals surface area (Å²) in [5, 5.41) is 11.9. The number of aliphatic hydroxyl groups is 1. The van der Waals surface area contributed by atoms with Gasteiger partial charge in [0.25, 0.3) is 0 Å². The van der Waals surface area contributed by atoms with Crippen LogP contribution in [0.4, 0.5) is 4.79 Å². The first-order valence-electron chi connectivity index (χ1n) is 13.3. The highest BCUT2D eigenvalue weighted by Crippen LogP contribution is 2.43. The van der Waals surface area contributed by atoms with Gasteiger partial charge in [-0.15, -0.1) is 0 Å². The molecule has 196 valence electrons. The number of hydrogen-bond donors (Lipinski definition) is 1. The third-order valence-electron chi connectivity index (χ3n) is 7.54. The molecule has 1 heterocycles. The Morgan fingerprint density at radius 3 is 2.28 bits per heavy atom. The lowest BCUT2D eigenvalue weighted by atomic mass is 9.72. The molecule has 2 aromatic carbocycles. The van der Waals surface area contributed by atoms with E-state index in [4.69, 9.17) is 9.47 Å². The van der Waals surface area contributed by atoms with Gasteiger partial charge in [-0.2, -0.15) is 0 Å². The summed E-state index contributed by atoms with van der Waals surface area (Å²) in [5.74, 6) is 0.824. The molecule has 2 aromatic rings. The molecule has 2 aliphatic rings. The zero-order valence-corrected chi connectivity index (χ0v) is 22.3. The first-order valence-corrected chi connectivity index (χ1v) is 13.3. The van der Waals surface area contributed by atoms with Crippen LogP contribution in [0.1, 0.15) is 64.4 Å². The number of methoxy groups -OCH3 is 1. The second-order valence-electron chi connectivity index (χ2n) is 11.3. The van der Waals surface area contributed by atoms with Crippen molar-refractivity contribution in [3.8, 4) is 16.9 Å². The van der Waals surface area contributed by atoms with Gasteiger partial charge in [0.15, 0.2) is 0 Å². The highest BCUT2D eigenvalue weighted by molar-refractivity contribution is 5.71. The van der Waals surface area contributed by atoms with Crippen molar-refractivity contribution in [3.63, 3.8) is 0 Å². The molecular weight excluding hydrogens is 452 g/mol. The number of ether oxygens (including phenoxy) is 2. The number of carbonyl (C=O) groups excluding carboxylic acids is 1. The average Bonchev–Trinajstić information content (AvgIpc) is 2.87. The first kappa shape index (κ1) is 26.5. The van der Waals surface area contributed by atoms with Crippen LogP contribution in [-0.2, 0) is 4.74 Å². The molecule has 2 fully saturated rings. The third kappa shape index (κ3) is 6.40. The van der Waals surface area contributed by atoms with Gasteiger partial charge < -0.3 is 19.5 Å². The molecule has 0 radical (unpaired) electrons. The van der Waals surface area contributed by atoms with Crippen molar-refractivity contribution >= 4 is 6.09 Å². The lowest BCUT2D eigenvalue weighted by Crippen LogP contribution is -2.52. The number of benzene rings is 2. The van der Waals surface area contributed by atoms with E-state index >= 15 is 0 Å². The summed E-state index contributed by atoms with van der Waals surface area (Å²) in [6.07, 6.45) is 4.70. The molecule has 6 heteroatoms. The van der Waals surface area contributed by atoms with Crippen LogP contribution in [0.15, 0.2) is 48.5 Å². The SMILES string of the molecule is COc1ccc(C(CN2CCN(C(=O)OC(C)(C)C)CC2)C2(O)CCCCC2)cc1-c1ccccc1. The van der Waals surface area contributed by atoms with E-state index in [9.17, 15) is 9.90 Å². The van der Waals surface area contributed by atoms with Gasteiger partial charge in [-0.1, -0.05) is 55.7 Å². The minimum Gasteiger partial charge on any atom is -0.496 e. The maximum Gasteiger partial charge on any atom is 0.410 e. The summed E-state index contributed by atoms with van der Waals surface area (Å²) >= 11 is 0. The molecule has 0 aromatic heterocycles. The summed E-state index contributed by atoms with van der Waals surface area (Å²) in [6, 6.07) is 16.7. The van der Waals surface area contributed by atoms with Crippen molar-refractivity contribution in [1.29, 1.82) is 0 Å². The van der Waals surface area contributed by atoms with Gasteiger partial charge in [-0.05, 0) is 56.9 Å². The molecule has 4 rings (SSSR count). The van der Waals surface area contributed by atoms with E-state index in [1.807, 2.05) is 45.0 Å². The van der Waals surface area contributed by atoms with Crippen LogP contribution in [0.5, 0.6) is 5.75 Å². The smallest absolute Gasteiger partial charge is 0.410 e. The van der Waals surface area contributed by atoms with Gasteiger partial charge in [0, 0.05) is 44.2 Å². The van der Waals surface area contributed by atoms with Crippen molar-refractivity contribution in [2.45, 2.75) is 70.0 Å². The Hall–Kier alpha value is -2.57. The molecule has 6 nitrogen and oxygen atoms in total. The molecule has 1 aliphatic carbocycles. The van der Waals surface area contributed by atoms with Crippen molar-refractivity contribution in [2.24, 2.45) is 0 Å². The van der Waals surface area contributed by atoms with Crippen molar-refractivity contribution in [3.05, 3.63) is 54.1 Å². The topological polar surface area (TPSA) is 62.2 Å². The molecule has 1 N–H and O–H groups in total. The third-order valence-corrected chi connectivity index (χ3v) is 7.54. The summed E-state index contributed by atoms with van der Waals surface area (Å²) in [4.78, 5) is 16.7. The lowest BCUT2D eigenvalue weighted by molar-refractivity contribution is -0.0356. The Morgan fingerprint density at radius 2 is 1.67 bits per heavy atom. The van der Waals surface area contributed by atoms with E-state index in [0.717, 1.165) is 67.8 Å². The fourth-order valence-electron chi connectivity index (χ4n) is 5.58. The number of carbonyl (C=O) groups is 1. The summed E-state index contributed by atoms with van der Waals surface area (Å²) in [6.45, 7) is 9.27. The van der Waals surface area contributed by atoms with Crippen molar-refractivity contribution in [2.75, 3.05) is 39.8 Å². The van der Waals surface area contributed by atoms with Crippen LogP contribution in [0.2, 0.25) is 0 Å². The lowest BCUT2D eigenvalue weighted by Gasteiger charge is -2.43. The molecule has 1 saturated carbocycles. The molecule has 1 atom stereocenters. The number of nitrogens with zero attached hydrogens (tertiary/aromatic N) is 2. The van der Waals surface area contributed by atoms with E-state index in [-0.39, 0.29) is 12.0 Å². The quantitative estimate of drug-likeness (QED) is 0.559. The Balaban J connectivity index is 1.56. The van der Waals surface area contributed by atoms with Crippen LogP contribution < -0.4 is 4.74 Å². The number of amides is 1. The predicted octanol–water partition coefficient (Wildman–Crippen LogP) is 5.69. The Labute approximate surface area is 216 Å². The summed E-state index contributed by atoms with van der Waals surface area (Å²) < 4.78 is 11.3. The van der Waals surface area contributed by atoms with E-state index in [1.54, 1.807) is 12.0 Å². The molecule has 0 spiro atoms. The first-order chi connectivity index (χ1) is 17.2. The molecule has 1 unspecified atom stereocenters. The van der Waals surface area contributed by atoms with Gasteiger partial charge >= 0.3 is 6.09 Å². The van der Waals surface area contributed by atoms with Gasteiger partial charge in [0.2, 0.25) is 0 Å². The largest absolute Gasteiger partial charge is 0.496 e. The van der Waals surface area contributed by atoms with Crippen LogP contribution in [0.3, 0.4) is 0 Å². The average molecular weight is 495 g/mol. The predicted molar refractivity (Wildman–Crippen MR) is 143 cm³/mol. The van der Waals surface area contributed by atoms with Gasteiger partial charge in [-0.3, -0.25) is 4.90 Å². The second-order valence-corrected chi connectivity index (χ2v) is 11.3. The molecule has 1 saturated heterocycles. The molecule has 36 heavy (non-hydrogen) atoms. The van der Waals surface area contributed by atoms with Crippen LogP contribution >= 0.6 is 0 Å². The van der Waals surface area contributed by atoms with Gasteiger partial charge in [-0.25, -0.2) is 4.79 Å². The fraction of sp³-hybridized carbons (Fsp3) is 0.567. The Bertz CT molecular complexity index is 1000. The molecular formula is C30H42N2O4.